The minimum atomic E-state index is -3.31. The zero-order valence-electron chi connectivity index (χ0n) is 10.8. The van der Waals surface area contributed by atoms with Crippen LogP contribution in [0.25, 0.3) is 0 Å². The molecule has 96 valence electrons. The molecule has 0 amide bonds. The van der Waals surface area contributed by atoms with Crippen LogP contribution in [0.15, 0.2) is 43.0 Å². The Bertz CT molecular complexity index is 436. The van der Waals surface area contributed by atoms with E-state index in [9.17, 15) is 9.59 Å². The Kier molecular flexibility index (Phi) is 5.34. The molecule has 0 aliphatic heterocycles. The summed E-state index contributed by atoms with van der Waals surface area (Å²) in [6, 6.07) is 9.05. The van der Waals surface area contributed by atoms with Gasteiger partial charge in [-0.3, -0.25) is 0 Å². The summed E-state index contributed by atoms with van der Waals surface area (Å²) in [6.45, 7) is 7.22. The first-order chi connectivity index (χ1) is 8.59. The van der Waals surface area contributed by atoms with Crippen molar-refractivity contribution in [3.63, 3.8) is 0 Å². The topological polar surface area (TPSA) is 43.4 Å². The fourth-order valence-electron chi connectivity index (χ4n) is 1.85. The van der Waals surface area contributed by atoms with E-state index in [-0.39, 0.29) is 4.62 Å². The summed E-state index contributed by atoms with van der Waals surface area (Å²) in [6.07, 6.45) is 1.13. The number of carbonyl (C=O) groups is 2. The van der Waals surface area contributed by atoms with Gasteiger partial charge in [0.25, 0.3) is 0 Å². The van der Waals surface area contributed by atoms with Gasteiger partial charge in [0.1, 0.15) is 0 Å². The Balaban J connectivity index is 3.08. The van der Waals surface area contributed by atoms with Crippen molar-refractivity contribution >= 4 is 24.2 Å². The molecular formula is C14H18GeO3. The molecule has 0 fully saturated rings. The summed E-state index contributed by atoms with van der Waals surface area (Å²) < 4.78 is 5.51. The number of hydrogen-bond donors (Lipinski definition) is 0. The van der Waals surface area contributed by atoms with Gasteiger partial charge in [-0.1, -0.05) is 0 Å². The molecule has 0 bridgehead atoms. The predicted molar refractivity (Wildman–Crippen MR) is 73.8 cm³/mol. The average molecular weight is 307 g/mol. The van der Waals surface area contributed by atoms with E-state index in [2.05, 4.69) is 6.58 Å². The predicted octanol–water partition coefficient (Wildman–Crippen LogP) is 3.12. The van der Waals surface area contributed by atoms with Gasteiger partial charge in [-0.05, 0) is 0 Å². The second kappa shape index (κ2) is 6.54. The number of carbonyl (C=O) groups excluding carboxylic acids is 2. The maximum atomic E-state index is 12.6. The van der Waals surface area contributed by atoms with Gasteiger partial charge in [0, 0.05) is 0 Å². The average Bonchev–Trinajstić information content (AvgIpc) is 2.44. The fraction of sp³-hybridized carbons (Fsp3) is 0.286. The van der Waals surface area contributed by atoms with E-state index in [0.717, 1.165) is 6.08 Å². The normalized spacial score (nSPS) is 10.8. The number of benzene rings is 1. The molecule has 0 aliphatic rings. The van der Waals surface area contributed by atoms with Gasteiger partial charge in [0.05, 0.1) is 0 Å². The molecule has 1 rings (SSSR count). The molecule has 4 heteroatoms. The molecule has 18 heavy (non-hydrogen) atoms. The summed E-state index contributed by atoms with van der Waals surface area (Å²) in [7, 11) is 0. The van der Waals surface area contributed by atoms with E-state index in [1.165, 1.54) is 0 Å². The Morgan fingerprint density at radius 3 is 2.22 bits per heavy atom. The first-order valence-electron chi connectivity index (χ1n) is 6.05. The third-order valence-corrected chi connectivity index (χ3v) is 11.4. The number of rotatable bonds is 6. The Morgan fingerprint density at radius 2 is 1.78 bits per heavy atom. The van der Waals surface area contributed by atoms with Crippen LogP contribution in [-0.2, 0) is 8.56 Å². The Hall–Kier alpha value is -1.36. The van der Waals surface area contributed by atoms with E-state index in [0.29, 0.717) is 16.1 Å². The fourth-order valence-corrected chi connectivity index (χ4v) is 7.48. The quantitative estimate of drug-likeness (QED) is 0.599. The summed E-state index contributed by atoms with van der Waals surface area (Å²) in [5, 5.41) is 1.26. The monoisotopic (exact) mass is 308 g/mol. The zero-order valence-corrected chi connectivity index (χ0v) is 12.9. The van der Waals surface area contributed by atoms with Gasteiger partial charge in [0.15, 0.2) is 0 Å². The van der Waals surface area contributed by atoms with Crippen molar-refractivity contribution in [2.45, 2.75) is 24.4 Å². The second-order valence-electron chi connectivity index (χ2n) is 4.02. The molecule has 0 aliphatic carbocycles. The molecule has 0 saturated heterocycles. The standard InChI is InChI=1S/C14H18GeO3/c1-4-13(16)18-15(5-2,6-3)14(17)12-10-8-7-9-11-12/h4,7-11H,1,5-6H2,2-3H3. The van der Waals surface area contributed by atoms with Gasteiger partial charge in [0.2, 0.25) is 0 Å². The molecule has 0 heterocycles. The van der Waals surface area contributed by atoms with Crippen LogP contribution in [0.3, 0.4) is 0 Å². The zero-order chi connectivity index (χ0) is 13.6. The van der Waals surface area contributed by atoms with Gasteiger partial charge < -0.3 is 0 Å². The van der Waals surface area contributed by atoms with E-state index in [1.807, 2.05) is 32.0 Å². The third kappa shape index (κ3) is 3.10. The van der Waals surface area contributed by atoms with E-state index in [1.54, 1.807) is 12.1 Å². The van der Waals surface area contributed by atoms with Crippen molar-refractivity contribution in [2.24, 2.45) is 0 Å². The number of hydrogen-bond acceptors (Lipinski definition) is 3. The van der Waals surface area contributed by atoms with Gasteiger partial charge in [-0.2, -0.15) is 0 Å². The molecule has 0 atom stereocenters. The van der Waals surface area contributed by atoms with Crippen LogP contribution in [-0.4, -0.2) is 24.2 Å². The van der Waals surface area contributed by atoms with Gasteiger partial charge in [-0.25, -0.2) is 0 Å². The minimum absolute atomic E-state index is 0.0239. The molecule has 1 aromatic carbocycles. The van der Waals surface area contributed by atoms with Crippen LogP contribution < -0.4 is 0 Å². The first kappa shape index (κ1) is 14.7. The summed E-state index contributed by atoms with van der Waals surface area (Å²) >= 11 is -3.31. The molecule has 0 radical (unpaired) electrons. The van der Waals surface area contributed by atoms with Crippen LogP contribution >= 0.6 is 0 Å². The van der Waals surface area contributed by atoms with Crippen molar-refractivity contribution in [1.29, 1.82) is 0 Å². The Morgan fingerprint density at radius 1 is 1.22 bits per heavy atom. The van der Waals surface area contributed by atoms with Crippen LogP contribution in [0, 0.1) is 0 Å². The van der Waals surface area contributed by atoms with Crippen molar-refractivity contribution in [3.8, 4) is 0 Å². The van der Waals surface area contributed by atoms with Crippen molar-refractivity contribution in [1.82, 2.24) is 0 Å². The second-order valence-corrected chi connectivity index (χ2v) is 12.5. The molecule has 3 nitrogen and oxygen atoms in total. The SMILES string of the molecule is C=CC(=O)[O][Ge]([CH2]C)([CH2]C)[C](=O)c1ccccc1. The summed E-state index contributed by atoms with van der Waals surface area (Å²) in [5.74, 6) is -0.483. The maximum absolute atomic E-state index is 12.6. The molecule has 1 aromatic rings. The van der Waals surface area contributed by atoms with E-state index >= 15 is 0 Å². The van der Waals surface area contributed by atoms with Gasteiger partial charge >= 0.3 is 110 Å². The van der Waals surface area contributed by atoms with Crippen LogP contribution in [0.4, 0.5) is 0 Å². The molecule has 0 N–H and O–H groups in total. The van der Waals surface area contributed by atoms with E-state index < -0.39 is 19.6 Å². The molecular weight excluding hydrogens is 289 g/mol. The van der Waals surface area contributed by atoms with Crippen LogP contribution in [0.5, 0.6) is 0 Å². The van der Waals surface area contributed by atoms with Crippen molar-refractivity contribution in [3.05, 3.63) is 48.6 Å². The molecule has 0 unspecified atom stereocenters. The van der Waals surface area contributed by atoms with E-state index in [4.69, 9.17) is 3.76 Å². The third-order valence-electron chi connectivity index (χ3n) is 3.05. The van der Waals surface area contributed by atoms with Crippen LogP contribution in [0.1, 0.15) is 24.2 Å². The molecule has 0 saturated carbocycles. The first-order valence-corrected chi connectivity index (χ1v) is 10.9. The molecule has 0 aromatic heterocycles. The summed E-state index contributed by atoms with van der Waals surface area (Å²) in [5.41, 5.74) is 0.637. The van der Waals surface area contributed by atoms with Crippen molar-refractivity contribution in [2.75, 3.05) is 0 Å². The van der Waals surface area contributed by atoms with Gasteiger partial charge in [-0.15, -0.1) is 0 Å². The molecule has 0 spiro atoms. The Labute approximate surface area is 111 Å². The van der Waals surface area contributed by atoms with Crippen molar-refractivity contribution < 1.29 is 13.4 Å². The van der Waals surface area contributed by atoms with Crippen LogP contribution in [0.2, 0.25) is 10.5 Å². The summed E-state index contributed by atoms with van der Waals surface area (Å²) in [4.78, 5) is 24.0.